The lowest BCUT2D eigenvalue weighted by atomic mass is 10.1. The van der Waals surface area contributed by atoms with E-state index in [1.165, 1.54) is 18.6 Å². The van der Waals surface area contributed by atoms with Gasteiger partial charge in [-0.1, -0.05) is 0 Å². The summed E-state index contributed by atoms with van der Waals surface area (Å²) in [6.07, 6.45) is -2.11. The molecule has 1 rings (SSSR count). The standard InChI is InChI=1S/C7H8F3N3/c8-7(9,10)6(11)3-5-1-2-12-4-13-5/h1-2,4,6H,3,11H2. The van der Waals surface area contributed by atoms with E-state index >= 15 is 0 Å². The molecular weight excluding hydrogens is 183 g/mol. The van der Waals surface area contributed by atoms with E-state index in [1.807, 2.05) is 0 Å². The molecule has 6 heteroatoms. The minimum Gasteiger partial charge on any atom is -0.320 e. The molecule has 1 heterocycles. The smallest absolute Gasteiger partial charge is 0.320 e. The SMILES string of the molecule is NC(Cc1ccncn1)C(F)(F)F. The van der Waals surface area contributed by atoms with Gasteiger partial charge in [0, 0.05) is 18.3 Å². The number of alkyl halides is 3. The first-order valence-electron chi connectivity index (χ1n) is 3.57. The molecule has 1 aromatic rings. The molecule has 0 amide bonds. The van der Waals surface area contributed by atoms with Crippen LogP contribution in [0.2, 0.25) is 0 Å². The Kier molecular flexibility index (Phi) is 2.82. The van der Waals surface area contributed by atoms with Gasteiger partial charge in [0.2, 0.25) is 0 Å². The van der Waals surface area contributed by atoms with Crippen molar-refractivity contribution < 1.29 is 13.2 Å². The van der Waals surface area contributed by atoms with E-state index in [0.29, 0.717) is 5.69 Å². The Hall–Kier alpha value is -1.17. The first-order valence-corrected chi connectivity index (χ1v) is 3.57. The highest BCUT2D eigenvalue weighted by Crippen LogP contribution is 2.20. The lowest BCUT2D eigenvalue weighted by molar-refractivity contribution is -0.147. The van der Waals surface area contributed by atoms with Crippen LogP contribution in [0.4, 0.5) is 13.2 Å². The van der Waals surface area contributed by atoms with Gasteiger partial charge in [-0.05, 0) is 6.07 Å². The first-order chi connectivity index (χ1) is 6.00. The maximum absolute atomic E-state index is 12.0. The predicted octanol–water partition coefficient (Wildman–Crippen LogP) is 0.909. The van der Waals surface area contributed by atoms with Gasteiger partial charge in [0.25, 0.3) is 0 Å². The van der Waals surface area contributed by atoms with Crippen molar-refractivity contribution in [3.8, 4) is 0 Å². The highest BCUT2D eigenvalue weighted by atomic mass is 19.4. The number of nitrogens with zero attached hydrogens (tertiary/aromatic N) is 2. The molecule has 0 aliphatic carbocycles. The highest BCUT2D eigenvalue weighted by Gasteiger charge is 2.36. The number of halogens is 3. The fraction of sp³-hybridized carbons (Fsp3) is 0.429. The second-order valence-corrected chi connectivity index (χ2v) is 2.55. The van der Waals surface area contributed by atoms with E-state index in [2.05, 4.69) is 9.97 Å². The van der Waals surface area contributed by atoms with Gasteiger partial charge in [-0.2, -0.15) is 13.2 Å². The number of rotatable bonds is 2. The van der Waals surface area contributed by atoms with Crippen LogP contribution in [0, 0.1) is 0 Å². The van der Waals surface area contributed by atoms with Crippen LogP contribution in [0.5, 0.6) is 0 Å². The molecule has 0 aliphatic heterocycles. The fourth-order valence-electron chi connectivity index (χ4n) is 0.780. The van der Waals surface area contributed by atoms with Crippen molar-refractivity contribution in [2.75, 3.05) is 0 Å². The summed E-state index contributed by atoms with van der Waals surface area (Å²) in [6, 6.07) is -0.451. The number of nitrogens with two attached hydrogens (primary N) is 1. The average molecular weight is 191 g/mol. The maximum Gasteiger partial charge on any atom is 0.404 e. The molecule has 0 bridgehead atoms. The van der Waals surface area contributed by atoms with E-state index in [4.69, 9.17) is 5.73 Å². The summed E-state index contributed by atoms with van der Waals surface area (Å²) >= 11 is 0. The van der Waals surface area contributed by atoms with Crippen molar-refractivity contribution in [1.82, 2.24) is 9.97 Å². The van der Waals surface area contributed by atoms with Gasteiger partial charge in [0.05, 0.1) is 0 Å². The third-order valence-electron chi connectivity index (χ3n) is 1.49. The minimum atomic E-state index is -4.37. The summed E-state index contributed by atoms with van der Waals surface area (Å²) in [5.41, 5.74) is 5.19. The van der Waals surface area contributed by atoms with Crippen molar-refractivity contribution in [3.63, 3.8) is 0 Å². The van der Waals surface area contributed by atoms with E-state index in [-0.39, 0.29) is 6.42 Å². The van der Waals surface area contributed by atoms with Gasteiger partial charge in [0.1, 0.15) is 12.4 Å². The maximum atomic E-state index is 12.0. The summed E-state index contributed by atoms with van der Waals surface area (Å²) in [5, 5.41) is 0. The van der Waals surface area contributed by atoms with E-state index in [0.717, 1.165) is 0 Å². The molecule has 0 aliphatic rings. The summed E-state index contributed by atoms with van der Waals surface area (Å²) in [5.74, 6) is 0. The first kappa shape index (κ1) is 9.91. The van der Waals surface area contributed by atoms with Crippen LogP contribution in [-0.4, -0.2) is 22.2 Å². The Labute approximate surface area is 72.8 Å². The average Bonchev–Trinajstić information content (AvgIpc) is 2.04. The molecule has 2 N–H and O–H groups in total. The van der Waals surface area contributed by atoms with Gasteiger partial charge in [-0.15, -0.1) is 0 Å². The van der Waals surface area contributed by atoms with Crippen molar-refractivity contribution >= 4 is 0 Å². The molecule has 1 atom stereocenters. The second kappa shape index (κ2) is 3.69. The molecule has 0 spiro atoms. The van der Waals surface area contributed by atoms with Crippen LogP contribution in [0.1, 0.15) is 5.69 Å². The number of hydrogen-bond donors (Lipinski definition) is 1. The van der Waals surface area contributed by atoms with Crippen molar-refractivity contribution in [2.45, 2.75) is 18.6 Å². The highest BCUT2D eigenvalue weighted by molar-refractivity contribution is 5.01. The van der Waals surface area contributed by atoms with Crippen LogP contribution < -0.4 is 5.73 Å². The predicted molar refractivity (Wildman–Crippen MR) is 39.8 cm³/mol. The Morgan fingerprint density at radius 3 is 2.62 bits per heavy atom. The molecule has 0 fully saturated rings. The Morgan fingerprint density at radius 2 is 2.15 bits per heavy atom. The Balaban J connectivity index is 2.61. The zero-order valence-corrected chi connectivity index (χ0v) is 6.62. The topological polar surface area (TPSA) is 51.8 Å². The molecular formula is C7H8F3N3. The van der Waals surface area contributed by atoms with E-state index < -0.39 is 12.2 Å². The van der Waals surface area contributed by atoms with E-state index in [1.54, 1.807) is 0 Å². The molecule has 0 saturated heterocycles. The van der Waals surface area contributed by atoms with Gasteiger partial charge in [0.15, 0.2) is 0 Å². The molecule has 72 valence electrons. The Morgan fingerprint density at radius 1 is 1.46 bits per heavy atom. The third kappa shape index (κ3) is 2.98. The third-order valence-corrected chi connectivity index (χ3v) is 1.49. The monoisotopic (exact) mass is 191 g/mol. The van der Waals surface area contributed by atoms with E-state index in [9.17, 15) is 13.2 Å². The van der Waals surface area contributed by atoms with Crippen molar-refractivity contribution in [2.24, 2.45) is 5.73 Å². The van der Waals surface area contributed by atoms with Crippen LogP contribution in [0.15, 0.2) is 18.6 Å². The molecule has 1 aromatic heterocycles. The van der Waals surface area contributed by atoms with Gasteiger partial charge in [-0.3, -0.25) is 0 Å². The van der Waals surface area contributed by atoms with Gasteiger partial charge >= 0.3 is 6.18 Å². The Bertz CT molecular complexity index is 259. The van der Waals surface area contributed by atoms with Gasteiger partial charge < -0.3 is 5.73 Å². The van der Waals surface area contributed by atoms with Crippen molar-refractivity contribution in [1.29, 1.82) is 0 Å². The number of hydrogen-bond acceptors (Lipinski definition) is 3. The van der Waals surface area contributed by atoms with Gasteiger partial charge in [-0.25, -0.2) is 9.97 Å². The largest absolute Gasteiger partial charge is 0.404 e. The van der Waals surface area contributed by atoms with Crippen LogP contribution in [0.3, 0.4) is 0 Å². The molecule has 1 unspecified atom stereocenters. The van der Waals surface area contributed by atoms with Crippen LogP contribution in [0.25, 0.3) is 0 Å². The summed E-state index contributed by atoms with van der Waals surface area (Å²) in [4.78, 5) is 7.22. The summed E-state index contributed by atoms with van der Waals surface area (Å²) < 4.78 is 35.9. The molecule has 0 saturated carbocycles. The second-order valence-electron chi connectivity index (χ2n) is 2.55. The molecule has 13 heavy (non-hydrogen) atoms. The lowest BCUT2D eigenvalue weighted by Gasteiger charge is -2.14. The summed E-state index contributed by atoms with van der Waals surface area (Å²) in [7, 11) is 0. The van der Waals surface area contributed by atoms with Crippen LogP contribution in [-0.2, 0) is 6.42 Å². The minimum absolute atomic E-state index is 0.292. The normalized spacial score (nSPS) is 14.2. The number of aromatic nitrogens is 2. The summed E-state index contributed by atoms with van der Waals surface area (Å²) in [6.45, 7) is 0. The fourth-order valence-corrected chi connectivity index (χ4v) is 0.780. The molecule has 0 aromatic carbocycles. The zero-order valence-electron chi connectivity index (χ0n) is 6.62. The van der Waals surface area contributed by atoms with Crippen LogP contribution >= 0.6 is 0 Å². The molecule has 3 nitrogen and oxygen atoms in total. The zero-order chi connectivity index (χ0) is 9.90. The quantitative estimate of drug-likeness (QED) is 0.755. The van der Waals surface area contributed by atoms with Crippen molar-refractivity contribution in [3.05, 3.63) is 24.3 Å². The lowest BCUT2D eigenvalue weighted by Crippen LogP contribution is -2.39. The molecule has 0 radical (unpaired) electrons.